The first kappa shape index (κ1) is 21.7. The summed E-state index contributed by atoms with van der Waals surface area (Å²) in [7, 11) is 0. The van der Waals surface area contributed by atoms with Crippen molar-refractivity contribution in [2.24, 2.45) is 5.18 Å². The van der Waals surface area contributed by atoms with Crippen LogP contribution in [0.15, 0.2) is 78.1 Å². The highest BCUT2D eigenvalue weighted by Crippen LogP contribution is 2.32. The molecule has 0 radical (unpaired) electrons. The van der Waals surface area contributed by atoms with Crippen LogP contribution in [0, 0.1) is 16.2 Å². The maximum atomic E-state index is 11.2. The first-order valence-corrected chi connectivity index (χ1v) is 10.0. The SMILES string of the molecule is N#Cc1c(Cl)cc(Nc2ccn(CC(=O)N=O)n2)nc1-c1ccc(Oc2ccccc2)cc1. The Labute approximate surface area is 193 Å². The van der Waals surface area contributed by atoms with Gasteiger partial charge < -0.3 is 10.1 Å². The maximum absolute atomic E-state index is 11.2. The molecule has 0 spiro atoms. The van der Waals surface area contributed by atoms with E-state index in [0.29, 0.717) is 34.4 Å². The molecule has 4 aromatic rings. The first-order valence-electron chi connectivity index (χ1n) is 9.66. The van der Waals surface area contributed by atoms with Crippen molar-refractivity contribution in [3.8, 4) is 28.8 Å². The van der Waals surface area contributed by atoms with Gasteiger partial charge in [-0.25, -0.2) is 4.98 Å². The van der Waals surface area contributed by atoms with E-state index in [0.717, 1.165) is 0 Å². The molecule has 0 unspecified atom stereocenters. The summed E-state index contributed by atoms with van der Waals surface area (Å²) < 4.78 is 7.07. The van der Waals surface area contributed by atoms with Crippen LogP contribution in [0.1, 0.15) is 5.56 Å². The molecule has 2 heterocycles. The number of anilines is 2. The van der Waals surface area contributed by atoms with E-state index < -0.39 is 5.91 Å². The highest BCUT2D eigenvalue weighted by molar-refractivity contribution is 6.32. The average molecular weight is 459 g/mol. The van der Waals surface area contributed by atoms with E-state index in [1.165, 1.54) is 16.9 Å². The van der Waals surface area contributed by atoms with Gasteiger partial charge in [-0.05, 0) is 36.4 Å². The number of nitriles is 1. The normalized spacial score (nSPS) is 10.3. The number of hydrogen-bond acceptors (Lipinski definition) is 7. The first-order chi connectivity index (χ1) is 16.1. The lowest BCUT2D eigenvalue weighted by Crippen LogP contribution is -2.08. The lowest BCUT2D eigenvalue weighted by Gasteiger charge is -2.11. The number of carbonyl (C=O) groups is 1. The van der Waals surface area contributed by atoms with Gasteiger partial charge in [-0.3, -0.25) is 9.48 Å². The Morgan fingerprint density at radius 2 is 1.82 bits per heavy atom. The predicted octanol–water partition coefficient (Wildman–Crippen LogP) is 5.30. The lowest BCUT2D eigenvalue weighted by molar-refractivity contribution is -0.118. The zero-order chi connectivity index (χ0) is 23.2. The van der Waals surface area contributed by atoms with Crippen LogP contribution in [-0.2, 0) is 11.3 Å². The number of hydrogen-bond donors (Lipinski definition) is 1. The zero-order valence-electron chi connectivity index (χ0n) is 17.0. The molecule has 0 bridgehead atoms. The number of rotatable bonds is 7. The molecule has 0 aliphatic rings. The number of nitrogens with zero attached hydrogens (tertiary/aromatic N) is 5. The summed E-state index contributed by atoms with van der Waals surface area (Å²) in [5.74, 6) is 1.23. The van der Waals surface area contributed by atoms with Gasteiger partial charge in [-0.1, -0.05) is 29.8 Å². The molecule has 0 fully saturated rings. The maximum Gasteiger partial charge on any atom is 0.307 e. The lowest BCUT2D eigenvalue weighted by atomic mass is 10.1. The van der Waals surface area contributed by atoms with Gasteiger partial charge in [0.25, 0.3) is 0 Å². The quantitative estimate of drug-likeness (QED) is 0.373. The number of para-hydroxylation sites is 1. The molecule has 2 aromatic heterocycles. The number of nitrogens with one attached hydrogen (secondary N) is 1. The highest BCUT2D eigenvalue weighted by Gasteiger charge is 2.15. The molecule has 0 aliphatic carbocycles. The molecule has 0 saturated carbocycles. The van der Waals surface area contributed by atoms with Gasteiger partial charge in [0.2, 0.25) is 0 Å². The van der Waals surface area contributed by atoms with Crippen LogP contribution in [-0.4, -0.2) is 20.7 Å². The summed E-state index contributed by atoms with van der Waals surface area (Å²) in [4.78, 5) is 26.0. The standard InChI is InChI=1S/C23H15ClN6O3/c24-19-12-21(26-20-10-11-30(28-20)14-22(31)29-32)27-23(18(19)13-25)15-6-8-17(9-7-15)33-16-4-2-1-3-5-16/h1-12H,14H2,(H,26,27,28). The molecule has 10 heteroatoms. The van der Waals surface area contributed by atoms with E-state index >= 15 is 0 Å². The Morgan fingerprint density at radius 1 is 1.09 bits per heavy atom. The van der Waals surface area contributed by atoms with Gasteiger partial charge >= 0.3 is 5.91 Å². The Balaban J connectivity index is 1.59. The van der Waals surface area contributed by atoms with Gasteiger partial charge in [-0.2, -0.15) is 10.4 Å². The van der Waals surface area contributed by atoms with Gasteiger partial charge in [0.1, 0.15) is 29.9 Å². The molecule has 1 amide bonds. The Kier molecular flexibility index (Phi) is 6.38. The summed E-state index contributed by atoms with van der Waals surface area (Å²) in [5, 5.41) is 19.3. The third-order valence-electron chi connectivity index (χ3n) is 4.49. The molecule has 33 heavy (non-hydrogen) atoms. The van der Waals surface area contributed by atoms with E-state index in [4.69, 9.17) is 16.3 Å². The van der Waals surface area contributed by atoms with Crippen molar-refractivity contribution in [1.29, 1.82) is 5.26 Å². The van der Waals surface area contributed by atoms with E-state index in [1.54, 1.807) is 30.3 Å². The minimum atomic E-state index is -0.842. The fraction of sp³-hybridized carbons (Fsp3) is 0.0435. The molecular weight excluding hydrogens is 444 g/mol. The number of benzene rings is 2. The third kappa shape index (κ3) is 5.20. The van der Waals surface area contributed by atoms with Crippen molar-refractivity contribution >= 4 is 29.1 Å². The van der Waals surface area contributed by atoms with E-state index in [1.807, 2.05) is 30.3 Å². The smallest absolute Gasteiger partial charge is 0.307 e. The molecule has 1 N–H and O–H groups in total. The number of nitroso groups, excluding NO2 is 1. The van der Waals surface area contributed by atoms with Gasteiger partial charge in [0.05, 0.1) is 16.3 Å². The fourth-order valence-electron chi connectivity index (χ4n) is 3.01. The van der Waals surface area contributed by atoms with E-state index in [9.17, 15) is 15.0 Å². The van der Waals surface area contributed by atoms with Gasteiger partial charge in [0.15, 0.2) is 5.82 Å². The number of halogens is 1. The number of carbonyl (C=O) groups excluding carboxylic acids is 1. The van der Waals surface area contributed by atoms with E-state index in [-0.39, 0.29) is 17.1 Å². The summed E-state index contributed by atoms with van der Waals surface area (Å²) in [6.07, 6.45) is 1.52. The number of ether oxygens (including phenoxy) is 1. The third-order valence-corrected chi connectivity index (χ3v) is 4.78. The van der Waals surface area contributed by atoms with Crippen LogP contribution in [0.4, 0.5) is 11.6 Å². The molecule has 0 atom stereocenters. The van der Waals surface area contributed by atoms with Crippen molar-refractivity contribution in [1.82, 2.24) is 14.8 Å². The second-order valence-corrected chi connectivity index (χ2v) is 7.18. The zero-order valence-corrected chi connectivity index (χ0v) is 17.7. The van der Waals surface area contributed by atoms with Crippen LogP contribution < -0.4 is 10.1 Å². The van der Waals surface area contributed by atoms with Crippen LogP contribution in [0.2, 0.25) is 5.02 Å². The number of amides is 1. The summed E-state index contributed by atoms with van der Waals surface area (Å²) in [5.41, 5.74) is 1.29. The van der Waals surface area contributed by atoms with Crippen molar-refractivity contribution in [2.45, 2.75) is 6.54 Å². The minimum Gasteiger partial charge on any atom is -0.457 e. The molecule has 0 aliphatic heterocycles. The second-order valence-electron chi connectivity index (χ2n) is 6.77. The van der Waals surface area contributed by atoms with Crippen molar-refractivity contribution < 1.29 is 9.53 Å². The van der Waals surface area contributed by atoms with Crippen LogP contribution in [0.5, 0.6) is 11.5 Å². The minimum absolute atomic E-state index is 0.217. The van der Waals surface area contributed by atoms with Gasteiger partial charge in [-0.15, -0.1) is 4.91 Å². The van der Waals surface area contributed by atoms with Crippen LogP contribution in [0.25, 0.3) is 11.3 Å². The van der Waals surface area contributed by atoms with Crippen LogP contribution >= 0.6 is 11.6 Å². The predicted molar refractivity (Wildman–Crippen MR) is 122 cm³/mol. The molecule has 0 saturated heterocycles. The molecule has 4 rings (SSSR count). The average Bonchev–Trinajstić information content (AvgIpc) is 3.26. The summed E-state index contributed by atoms with van der Waals surface area (Å²) in [6, 6.07) is 21.7. The number of aromatic nitrogens is 3. The second kappa shape index (κ2) is 9.72. The van der Waals surface area contributed by atoms with Gasteiger partial charge in [0, 0.05) is 29.1 Å². The van der Waals surface area contributed by atoms with Crippen molar-refractivity contribution in [3.05, 3.63) is 88.4 Å². The summed E-state index contributed by atoms with van der Waals surface area (Å²) in [6.45, 7) is -0.268. The number of pyridine rings is 1. The van der Waals surface area contributed by atoms with E-state index in [2.05, 4.69) is 26.6 Å². The van der Waals surface area contributed by atoms with Crippen LogP contribution in [0.3, 0.4) is 0 Å². The Morgan fingerprint density at radius 3 is 2.52 bits per heavy atom. The molecule has 2 aromatic carbocycles. The highest BCUT2D eigenvalue weighted by atomic mass is 35.5. The Bertz CT molecular complexity index is 1350. The molecule has 162 valence electrons. The topological polar surface area (TPSA) is 122 Å². The monoisotopic (exact) mass is 458 g/mol. The van der Waals surface area contributed by atoms with Crippen molar-refractivity contribution in [3.63, 3.8) is 0 Å². The fourth-order valence-corrected chi connectivity index (χ4v) is 3.25. The molecular formula is C23H15ClN6O3. The largest absolute Gasteiger partial charge is 0.457 e. The van der Waals surface area contributed by atoms with Crippen molar-refractivity contribution in [2.75, 3.05) is 5.32 Å². The summed E-state index contributed by atoms with van der Waals surface area (Å²) >= 11 is 6.34. The Hall–Kier alpha value is -4.55. The molecule has 9 nitrogen and oxygen atoms in total.